The summed E-state index contributed by atoms with van der Waals surface area (Å²) >= 11 is 0. The Morgan fingerprint density at radius 3 is 2.60 bits per heavy atom. The Labute approximate surface area is 93.1 Å². The zero-order chi connectivity index (χ0) is 11.3. The Kier molecular flexibility index (Phi) is 4.24. The van der Waals surface area contributed by atoms with E-state index in [1.165, 1.54) is 11.3 Å². The molecule has 1 nitrogen and oxygen atoms in total. The molecule has 1 aromatic rings. The number of anilines is 1. The lowest BCUT2D eigenvalue weighted by atomic mass is 10.1. The molecular weight excluding hydrogens is 182 g/mol. The van der Waals surface area contributed by atoms with Crippen LogP contribution in [0.4, 0.5) is 5.69 Å². The normalized spacial score (nSPS) is 9.33. The van der Waals surface area contributed by atoms with Crippen molar-refractivity contribution in [2.45, 2.75) is 26.7 Å². The summed E-state index contributed by atoms with van der Waals surface area (Å²) < 4.78 is 0. The predicted octanol–water partition coefficient (Wildman–Crippen LogP) is 3.21. The molecule has 0 aliphatic rings. The van der Waals surface area contributed by atoms with Gasteiger partial charge in [0.2, 0.25) is 0 Å². The molecule has 0 unspecified atom stereocenters. The minimum atomic E-state index is 0.973. The first kappa shape index (κ1) is 11.7. The molecule has 0 heterocycles. The van der Waals surface area contributed by atoms with Gasteiger partial charge in [-0.05, 0) is 31.0 Å². The molecule has 0 N–H and O–H groups in total. The fourth-order valence-electron chi connectivity index (χ4n) is 1.42. The van der Waals surface area contributed by atoms with E-state index in [4.69, 9.17) is 0 Å². The van der Waals surface area contributed by atoms with Crippen LogP contribution in [-0.2, 0) is 0 Å². The topological polar surface area (TPSA) is 3.24 Å². The maximum atomic E-state index is 3.24. The first-order chi connectivity index (χ1) is 7.15. The number of nitrogens with zero attached hydrogens (tertiary/aromatic N) is 1. The number of aryl methyl sites for hydroxylation is 1. The molecule has 0 radical (unpaired) electrons. The van der Waals surface area contributed by atoms with Crippen LogP contribution in [0.5, 0.6) is 0 Å². The highest BCUT2D eigenvalue weighted by Gasteiger charge is 2.01. The van der Waals surface area contributed by atoms with Gasteiger partial charge in [-0.3, -0.25) is 0 Å². The minimum Gasteiger partial charge on any atom is -0.377 e. The molecule has 1 heteroatoms. The Bertz CT molecular complexity index is 380. The van der Waals surface area contributed by atoms with Crippen LogP contribution in [0.1, 0.15) is 30.9 Å². The lowest BCUT2D eigenvalue weighted by Gasteiger charge is -2.14. The number of unbranched alkanes of at least 4 members (excludes halogenated alkanes) is 1. The summed E-state index contributed by atoms with van der Waals surface area (Å²) in [5.74, 6) is 6.44. The summed E-state index contributed by atoms with van der Waals surface area (Å²) in [5, 5.41) is 0. The van der Waals surface area contributed by atoms with E-state index in [1.54, 1.807) is 0 Å². The Hall–Kier alpha value is -1.42. The van der Waals surface area contributed by atoms with E-state index in [2.05, 4.69) is 62.9 Å². The summed E-state index contributed by atoms with van der Waals surface area (Å²) in [6.45, 7) is 4.25. The van der Waals surface area contributed by atoms with Crippen molar-refractivity contribution in [1.82, 2.24) is 0 Å². The van der Waals surface area contributed by atoms with E-state index in [1.807, 2.05) is 0 Å². The van der Waals surface area contributed by atoms with E-state index >= 15 is 0 Å². The van der Waals surface area contributed by atoms with Crippen LogP contribution in [-0.4, -0.2) is 14.1 Å². The number of hydrogen-bond donors (Lipinski definition) is 0. The van der Waals surface area contributed by atoms with E-state index in [9.17, 15) is 0 Å². The van der Waals surface area contributed by atoms with Gasteiger partial charge >= 0.3 is 0 Å². The van der Waals surface area contributed by atoms with Gasteiger partial charge < -0.3 is 4.90 Å². The SMILES string of the molecule is CCCC#Cc1cc(C)ccc1N(C)C. The largest absolute Gasteiger partial charge is 0.377 e. The molecule has 0 atom stereocenters. The third-order valence-corrected chi connectivity index (χ3v) is 2.23. The molecule has 0 saturated heterocycles. The van der Waals surface area contributed by atoms with E-state index in [-0.39, 0.29) is 0 Å². The van der Waals surface area contributed by atoms with Crippen LogP contribution < -0.4 is 4.90 Å². The van der Waals surface area contributed by atoms with Gasteiger partial charge in [0.15, 0.2) is 0 Å². The van der Waals surface area contributed by atoms with Gasteiger partial charge in [-0.25, -0.2) is 0 Å². The van der Waals surface area contributed by atoms with E-state index < -0.39 is 0 Å². The van der Waals surface area contributed by atoms with Gasteiger partial charge in [0.05, 0.1) is 5.69 Å². The minimum absolute atomic E-state index is 0.973. The molecule has 0 spiro atoms. The molecular formula is C14H19N. The zero-order valence-electron chi connectivity index (χ0n) is 10.1. The molecule has 1 rings (SSSR count). The molecule has 0 fully saturated rings. The summed E-state index contributed by atoms with van der Waals surface area (Å²) in [6, 6.07) is 6.41. The zero-order valence-corrected chi connectivity index (χ0v) is 10.1. The second-order valence-corrected chi connectivity index (χ2v) is 3.97. The molecule has 80 valence electrons. The maximum absolute atomic E-state index is 3.24. The quantitative estimate of drug-likeness (QED) is 0.664. The Balaban J connectivity index is 3.04. The van der Waals surface area contributed by atoms with Crippen LogP contribution in [0.3, 0.4) is 0 Å². The summed E-state index contributed by atoms with van der Waals surface area (Å²) in [6.07, 6.45) is 2.09. The van der Waals surface area contributed by atoms with Crippen molar-refractivity contribution in [3.05, 3.63) is 29.3 Å². The van der Waals surface area contributed by atoms with Crippen molar-refractivity contribution >= 4 is 5.69 Å². The van der Waals surface area contributed by atoms with Crippen molar-refractivity contribution in [2.24, 2.45) is 0 Å². The predicted molar refractivity (Wildman–Crippen MR) is 67.3 cm³/mol. The molecule has 0 aliphatic heterocycles. The monoisotopic (exact) mass is 201 g/mol. The summed E-state index contributed by atoms with van der Waals surface area (Å²) in [4.78, 5) is 2.11. The van der Waals surface area contributed by atoms with Gasteiger partial charge in [0.25, 0.3) is 0 Å². The number of hydrogen-bond acceptors (Lipinski definition) is 1. The highest BCUT2D eigenvalue weighted by Crippen LogP contribution is 2.18. The summed E-state index contributed by atoms with van der Waals surface area (Å²) in [5.41, 5.74) is 3.60. The molecule has 0 aromatic heterocycles. The Morgan fingerprint density at radius 1 is 1.27 bits per heavy atom. The van der Waals surface area contributed by atoms with Gasteiger partial charge in [-0.1, -0.05) is 24.8 Å². The number of rotatable bonds is 2. The van der Waals surface area contributed by atoms with Crippen LogP contribution in [0.2, 0.25) is 0 Å². The highest BCUT2D eigenvalue weighted by molar-refractivity contribution is 5.61. The van der Waals surface area contributed by atoms with Crippen LogP contribution in [0.25, 0.3) is 0 Å². The fraction of sp³-hybridized carbons (Fsp3) is 0.429. The van der Waals surface area contributed by atoms with Crippen molar-refractivity contribution in [1.29, 1.82) is 0 Å². The first-order valence-corrected chi connectivity index (χ1v) is 5.42. The van der Waals surface area contributed by atoms with Crippen molar-refractivity contribution in [2.75, 3.05) is 19.0 Å². The first-order valence-electron chi connectivity index (χ1n) is 5.42. The standard InChI is InChI=1S/C14H19N/c1-5-6-7-8-13-11-12(2)9-10-14(13)15(3)4/h9-11H,5-6H2,1-4H3. The smallest absolute Gasteiger partial charge is 0.0520 e. The van der Waals surface area contributed by atoms with Gasteiger partial charge in [-0.2, -0.15) is 0 Å². The lowest BCUT2D eigenvalue weighted by molar-refractivity contribution is 0.983. The molecule has 15 heavy (non-hydrogen) atoms. The van der Waals surface area contributed by atoms with Gasteiger partial charge in [0.1, 0.15) is 0 Å². The highest BCUT2D eigenvalue weighted by atomic mass is 15.1. The van der Waals surface area contributed by atoms with Gasteiger partial charge in [0, 0.05) is 26.1 Å². The number of benzene rings is 1. The maximum Gasteiger partial charge on any atom is 0.0520 e. The average Bonchev–Trinajstić information content (AvgIpc) is 2.18. The van der Waals surface area contributed by atoms with E-state index in [0.717, 1.165) is 18.4 Å². The molecule has 0 bridgehead atoms. The fourth-order valence-corrected chi connectivity index (χ4v) is 1.42. The second kappa shape index (κ2) is 5.46. The van der Waals surface area contributed by atoms with Gasteiger partial charge in [-0.15, -0.1) is 0 Å². The van der Waals surface area contributed by atoms with E-state index in [0.29, 0.717) is 0 Å². The van der Waals surface area contributed by atoms with Crippen LogP contribution in [0, 0.1) is 18.8 Å². The van der Waals surface area contributed by atoms with Crippen molar-refractivity contribution in [3.63, 3.8) is 0 Å². The molecule has 0 amide bonds. The lowest BCUT2D eigenvalue weighted by Crippen LogP contribution is -2.10. The van der Waals surface area contributed by atoms with Crippen LogP contribution in [0.15, 0.2) is 18.2 Å². The second-order valence-electron chi connectivity index (χ2n) is 3.97. The van der Waals surface area contributed by atoms with Crippen molar-refractivity contribution in [3.8, 4) is 11.8 Å². The third-order valence-electron chi connectivity index (χ3n) is 2.23. The summed E-state index contributed by atoms with van der Waals surface area (Å²) in [7, 11) is 4.10. The molecule has 1 aromatic carbocycles. The molecule has 0 saturated carbocycles. The van der Waals surface area contributed by atoms with Crippen LogP contribution >= 0.6 is 0 Å². The molecule has 0 aliphatic carbocycles. The Morgan fingerprint density at radius 2 is 2.00 bits per heavy atom. The third kappa shape index (κ3) is 3.32. The average molecular weight is 201 g/mol. The van der Waals surface area contributed by atoms with Crippen molar-refractivity contribution < 1.29 is 0 Å².